The molecule has 0 spiro atoms. The number of thioether (sulfide) groups is 1. The number of nitrogens with two attached hydrogens (primary N) is 1. The third kappa shape index (κ3) is 8.89. The summed E-state index contributed by atoms with van der Waals surface area (Å²) in [5.41, 5.74) is 6.75. The monoisotopic (exact) mass is 403 g/mol. The predicted molar refractivity (Wildman–Crippen MR) is 109 cm³/mol. The highest BCUT2D eigenvalue weighted by Gasteiger charge is 2.18. The van der Waals surface area contributed by atoms with Crippen LogP contribution in [0.3, 0.4) is 0 Å². The summed E-state index contributed by atoms with van der Waals surface area (Å²) in [5.74, 6) is 0.383. The maximum atomic E-state index is 12.0. The highest BCUT2D eigenvalue weighted by molar-refractivity contribution is 7.99. The molecule has 0 aliphatic rings. The first-order chi connectivity index (χ1) is 11.8. The number of carbonyl (C=O) groups is 2. The smallest absolute Gasteiger partial charge is 0.239 e. The number of rotatable bonds is 10. The van der Waals surface area contributed by atoms with Gasteiger partial charge in [-0.2, -0.15) is 0 Å². The lowest BCUT2D eigenvalue weighted by atomic mass is 10.1. The van der Waals surface area contributed by atoms with Crippen LogP contribution in [0.2, 0.25) is 0 Å². The maximum absolute atomic E-state index is 12.0. The molecule has 6 nitrogen and oxygen atoms in total. The van der Waals surface area contributed by atoms with Crippen LogP contribution in [0.25, 0.3) is 0 Å². The average molecular weight is 404 g/mol. The fourth-order valence-corrected chi connectivity index (χ4v) is 2.87. The van der Waals surface area contributed by atoms with Crippen molar-refractivity contribution >= 4 is 36.0 Å². The Kier molecular flexibility index (Phi) is 12.3. The molecule has 0 aromatic heterocycles. The normalized spacial score (nSPS) is 12.8. The Morgan fingerprint density at radius 1 is 1.19 bits per heavy atom. The number of nitrogens with one attached hydrogen (secondary N) is 2. The molecule has 0 aliphatic carbocycles. The van der Waals surface area contributed by atoms with Crippen molar-refractivity contribution in [2.75, 3.05) is 26.0 Å². The number of methoxy groups -OCH3 is 1. The van der Waals surface area contributed by atoms with E-state index in [0.29, 0.717) is 6.61 Å². The Bertz CT molecular complexity index is 555. The van der Waals surface area contributed by atoms with Gasteiger partial charge in [0.2, 0.25) is 11.8 Å². The van der Waals surface area contributed by atoms with Crippen LogP contribution in [-0.2, 0) is 14.3 Å². The largest absolute Gasteiger partial charge is 0.384 e. The maximum Gasteiger partial charge on any atom is 0.239 e. The summed E-state index contributed by atoms with van der Waals surface area (Å²) in [6.07, 6.45) is 0. The summed E-state index contributed by atoms with van der Waals surface area (Å²) in [6, 6.07) is 7.30. The molecule has 4 N–H and O–H groups in total. The molecule has 0 saturated carbocycles. The van der Waals surface area contributed by atoms with Gasteiger partial charge in [0.1, 0.15) is 0 Å². The van der Waals surface area contributed by atoms with E-state index in [9.17, 15) is 9.59 Å². The molecule has 2 amide bonds. The van der Waals surface area contributed by atoms with Crippen LogP contribution in [-0.4, -0.2) is 43.9 Å². The zero-order valence-electron chi connectivity index (χ0n) is 15.8. The summed E-state index contributed by atoms with van der Waals surface area (Å²) in [5, 5.41) is 5.44. The average Bonchev–Trinajstić information content (AvgIpc) is 2.59. The van der Waals surface area contributed by atoms with Gasteiger partial charge in [-0.15, -0.1) is 24.2 Å². The van der Waals surface area contributed by atoms with Crippen LogP contribution in [0, 0.1) is 5.92 Å². The lowest BCUT2D eigenvalue weighted by molar-refractivity contribution is -0.127. The van der Waals surface area contributed by atoms with E-state index < -0.39 is 6.04 Å². The summed E-state index contributed by atoms with van der Waals surface area (Å²) in [7, 11) is 1.69. The van der Waals surface area contributed by atoms with Crippen molar-refractivity contribution in [2.24, 2.45) is 11.7 Å². The van der Waals surface area contributed by atoms with Gasteiger partial charge < -0.3 is 21.1 Å². The molecule has 0 aliphatic heterocycles. The lowest BCUT2D eigenvalue weighted by Crippen LogP contribution is -2.47. The second-order valence-electron chi connectivity index (χ2n) is 6.19. The topological polar surface area (TPSA) is 93.5 Å². The molecule has 148 valence electrons. The zero-order chi connectivity index (χ0) is 18.8. The Morgan fingerprint density at radius 2 is 1.81 bits per heavy atom. The molecular weight excluding hydrogens is 374 g/mol. The Balaban J connectivity index is 0.00000625. The lowest BCUT2D eigenvalue weighted by Gasteiger charge is -2.17. The Labute approximate surface area is 166 Å². The first-order valence-electron chi connectivity index (χ1n) is 8.39. The molecule has 0 saturated heterocycles. The fourth-order valence-electron chi connectivity index (χ4n) is 2.06. The van der Waals surface area contributed by atoms with Crippen LogP contribution >= 0.6 is 24.2 Å². The van der Waals surface area contributed by atoms with Crippen molar-refractivity contribution in [3.8, 4) is 0 Å². The zero-order valence-corrected chi connectivity index (χ0v) is 17.4. The van der Waals surface area contributed by atoms with E-state index in [1.165, 1.54) is 0 Å². The number of amides is 2. The highest BCUT2D eigenvalue weighted by Crippen LogP contribution is 2.20. The molecule has 1 rings (SSSR count). The second-order valence-corrected chi connectivity index (χ2v) is 7.36. The molecule has 26 heavy (non-hydrogen) atoms. The minimum absolute atomic E-state index is 0. The molecule has 8 heteroatoms. The van der Waals surface area contributed by atoms with E-state index >= 15 is 0 Å². The van der Waals surface area contributed by atoms with Crippen LogP contribution < -0.4 is 16.4 Å². The van der Waals surface area contributed by atoms with Crippen LogP contribution in [0.15, 0.2) is 29.2 Å². The first-order valence-corrected chi connectivity index (χ1v) is 9.38. The van der Waals surface area contributed by atoms with Gasteiger partial charge in [0.15, 0.2) is 0 Å². The second kappa shape index (κ2) is 13.0. The number of halogens is 1. The molecule has 0 heterocycles. The quantitative estimate of drug-likeness (QED) is 0.411. The number of hydrogen-bond acceptors (Lipinski definition) is 5. The van der Waals surface area contributed by atoms with Crippen molar-refractivity contribution in [1.82, 2.24) is 10.6 Å². The molecular formula is C18H30ClN3O3S. The van der Waals surface area contributed by atoms with Gasteiger partial charge in [-0.05, 0) is 30.5 Å². The van der Waals surface area contributed by atoms with Crippen LogP contribution in [0.4, 0.5) is 0 Å². The number of ether oxygens (including phenoxy) is 1. The third-order valence-corrected chi connectivity index (χ3v) is 4.73. The van der Waals surface area contributed by atoms with E-state index in [1.54, 1.807) is 18.9 Å². The number of carbonyl (C=O) groups excluding carboxylic acids is 2. The van der Waals surface area contributed by atoms with Crippen molar-refractivity contribution in [1.29, 1.82) is 0 Å². The van der Waals surface area contributed by atoms with Gasteiger partial charge in [0.05, 0.1) is 25.2 Å². The van der Waals surface area contributed by atoms with Gasteiger partial charge in [-0.3, -0.25) is 9.59 Å². The summed E-state index contributed by atoms with van der Waals surface area (Å²) in [4.78, 5) is 24.9. The van der Waals surface area contributed by atoms with Crippen molar-refractivity contribution in [2.45, 2.75) is 37.8 Å². The van der Waals surface area contributed by atoms with Gasteiger partial charge in [-0.25, -0.2) is 0 Å². The Morgan fingerprint density at radius 3 is 2.35 bits per heavy atom. The summed E-state index contributed by atoms with van der Waals surface area (Å²) < 4.78 is 5.03. The molecule has 0 bridgehead atoms. The van der Waals surface area contributed by atoms with Gasteiger partial charge in [0, 0.05) is 17.8 Å². The van der Waals surface area contributed by atoms with Crippen LogP contribution in [0.1, 0.15) is 32.4 Å². The molecule has 2 atom stereocenters. The molecule has 1 unspecified atom stereocenters. The predicted octanol–water partition coefficient (Wildman–Crippen LogP) is 2.12. The SMILES string of the molecule is COCCSc1ccc(C(C)NC(=O)CNC(=O)[C@@H](N)C(C)C)cc1.Cl. The number of hydrogen-bond donors (Lipinski definition) is 3. The van der Waals surface area contributed by atoms with Gasteiger partial charge in [0.25, 0.3) is 0 Å². The number of benzene rings is 1. The third-order valence-electron chi connectivity index (χ3n) is 3.76. The molecule has 1 aromatic carbocycles. The van der Waals surface area contributed by atoms with Gasteiger partial charge in [-0.1, -0.05) is 26.0 Å². The molecule has 0 fully saturated rings. The fraction of sp³-hybridized carbons (Fsp3) is 0.556. The van der Waals surface area contributed by atoms with E-state index in [0.717, 1.165) is 16.2 Å². The minimum atomic E-state index is -0.603. The van der Waals surface area contributed by atoms with Crippen molar-refractivity contribution in [3.05, 3.63) is 29.8 Å². The summed E-state index contributed by atoms with van der Waals surface area (Å²) >= 11 is 1.72. The summed E-state index contributed by atoms with van der Waals surface area (Å²) in [6.45, 7) is 6.28. The molecule has 0 radical (unpaired) electrons. The first kappa shape index (κ1) is 24.7. The molecule has 1 aromatic rings. The van der Waals surface area contributed by atoms with Gasteiger partial charge >= 0.3 is 0 Å². The van der Waals surface area contributed by atoms with E-state index in [4.69, 9.17) is 10.5 Å². The van der Waals surface area contributed by atoms with Crippen molar-refractivity contribution in [3.63, 3.8) is 0 Å². The minimum Gasteiger partial charge on any atom is -0.384 e. The van der Waals surface area contributed by atoms with E-state index in [1.807, 2.05) is 45.0 Å². The highest BCUT2D eigenvalue weighted by atomic mass is 35.5. The standard InChI is InChI=1S/C18H29N3O3S.ClH/c1-12(2)17(19)18(23)20-11-16(22)21-13(3)14-5-7-15(8-6-14)25-10-9-24-4;/h5-8,12-13,17H,9-11,19H2,1-4H3,(H,20,23)(H,21,22);1H/t13?,17-;/m0./s1. The Hall–Kier alpha value is -1.28. The van der Waals surface area contributed by atoms with Crippen LogP contribution in [0.5, 0.6) is 0 Å². The van der Waals surface area contributed by atoms with Crippen molar-refractivity contribution < 1.29 is 14.3 Å². The van der Waals surface area contributed by atoms with E-state index in [-0.39, 0.29) is 42.7 Å². The van der Waals surface area contributed by atoms with E-state index in [2.05, 4.69) is 10.6 Å².